The molecule has 0 radical (unpaired) electrons. The predicted molar refractivity (Wildman–Crippen MR) is 494 cm³/mol. The van der Waals surface area contributed by atoms with Gasteiger partial charge < -0.3 is 86.7 Å². The highest BCUT2D eigenvalue weighted by atomic mass is 19.1. The molecule has 0 atom stereocenters. The Morgan fingerprint density at radius 3 is 0.808 bits per heavy atom. The minimum atomic E-state index is -0.978. The number of methoxy groups -OCH3 is 8. The number of fused-ring (bicyclic) bond motifs is 4. The quantitative estimate of drug-likeness (QED) is 0.0315. The summed E-state index contributed by atoms with van der Waals surface area (Å²) >= 11 is 0. The number of allylic oxidation sites excluding steroid dienone is 8. The molecule has 0 saturated carbocycles. The van der Waals surface area contributed by atoms with Gasteiger partial charge >= 0.3 is 11.9 Å². The number of aliphatic carboxylic acids is 2. The first-order valence-electron chi connectivity index (χ1n) is 41.1. The molecular weight excluding hydrogens is 1670 g/mol. The molecule has 0 bridgehead atoms. The van der Waals surface area contributed by atoms with Gasteiger partial charge in [-0.15, -0.1) is 0 Å². The van der Waals surface area contributed by atoms with Crippen molar-refractivity contribution in [3.05, 3.63) is 317 Å². The molecule has 130 heavy (non-hydrogen) atoms. The molecule has 26 heteroatoms. The van der Waals surface area contributed by atoms with Crippen LogP contribution >= 0.6 is 0 Å². The highest BCUT2D eigenvalue weighted by Crippen LogP contribution is 2.51. The smallest absolute Gasteiger partial charge is 0.307 e. The first-order chi connectivity index (χ1) is 62.3. The summed E-state index contributed by atoms with van der Waals surface area (Å²) in [6, 6.07) is 43.6. The lowest BCUT2D eigenvalue weighted by Gasteiger charge is -2.17. The number of nitrogens with zero attached hydrogens (tertiary/aromatic N) is 2. The van der Waals surface area contributed by atoms with Gasteiger partial charge in [-0.2, -0.15) is 0 Å². The fourth-order valence-electron chi connectivity index (χ4n) is 15.9. The Balaban J connectivity index is 0.000000163. The first kappa shape index (κ1) is 95.7. The molecule has 15 rings (SSSR count). The lowest BCUT2D eigenvalue weighted by Crippen LogP contribution is -2.26. The Labute approximate surface area is 751 Å². The second-order valence-electron chi connectivity index (χ2n) is 30.8. The lowest BCUT2D eigenvalue weighted by atomic mass is 9.99. The van der Waals surface area contributed by atoms with Gasteiger partial charge in [0.05, 0.1) is 121 Å². The monoisotopic (exact) mass is 1770 g/mol. The molecular formula is C104H103F4N3O19. The highest BCUT2D eigenvalue weighted by molar-refractivity contribution is 6.12. The Morgan fingerprint density at radius 1 is 0.346 bits per heavy atom. The minimum absolute atomic E-state index is 0.0686. The van der Waals surface area contributed by atoms with Crippen LogP contribution in [0.2, 0.25) is 0 Å². The summed E-state index contributed by atoms with van der Waals surface area (Å²) in [4.78, 5) is 51.8. The molecule has 8 aromatic carbocycles. The lowest BCUT2D eigenvalue weighted by molar-refractivity contribution is -0.136. The van der Waals surface area contributed by atoms with Crippen molar-refractivity contribution in [1.29, 1.82) is 0 Å². The number of furan rings is 3. The number of benzene rings is 8. The number of phenolic OH excluding ortho intramolecular Hbond substituents is 2. The number of rotatable bonds is 26. The summed E-state index contributed by atoms with van der Waals surface area (Å²) in [7, 11) is 17.6. The molecule has 4 aliphatic carbocycles. The minimum Gasteiger partial charge on any atom is -0.502 e. The molecule has 4 aliphatic rings. The molecule has 2 amide bonds. The van der Waals surface area contributed by atoms with Crippen LogP contribution in [0.4, 0.5) is 17.6 Å². The molecule has 0 spiro atoms. The molecule has 0 aliphatic heterocycles. The van der Waals surface area contributed by atoms with Crippen molar-refractivity contribution in [3.63, 3.8) is 0 Å². The number of carboxylic acid groups (broad SMARTS) is 2. The first-order valence-corrected chi connectivity index (χ1v) is 41.1. The molecule has 0 unspecified atom stereocenters. The van der Waals surface area contributed by atoms with Gasteiger partial charge in [0, 0.05) is 25.2 Å². The average Bonchev–Trinajstić information content (AvgIpc) is 1.61. The number of aromatic hydroxyl groups is 2. The van der Waals surface area contributed by atoms with Crippen LogP contribution in [-0.4, -0.2) is 132 Å². The average molecular weight is 1770 g/mol. The van der Waals surface area contributed by atoms with Crippen LogP contribution in [0.1, 0.15) is 149 Å². The van der Waals surface area contributed by atoms with Crippen molar-refractivity contribution in [3.8, 4) is 57.5 Å². The van der Waals surface area contributed by atoms with Crippen molar-refractivity contribution in [2.24, 2.45) is 0 Å². The summed E-state index contributed by atoms with van der Waals surface area (Å²) in [5.74, 6) is 2.51. The molecule has 3 aromatic heterocycles. The van der Waals surface area contributed by atoms with Gasteiger partial charge in [-0.3, -0.25) is 19.2 Å². The SMILES string of the molecule is CNCc1ccco1.COc1cc(C=C2C(C)=C(CC(=O)N(C)Cc3ccco3)c3cc(F)ccc32)cc(OC)c1C.COc1cc(C=C2C(C)=C(CC(=O)N(C)Cc3ccco3)c3cc(F)ccc32)cc(OC)c1O.COc1cc(C=C2C(C)=C(CC(=O)O)c3cc(F)ccc32)cc(OC)c1C.COc1cc(C=C2C(C)=C(CC(=O)O)c3cc(F)ccc32)cc(OC)c1O. The standard InChI is InChI=1S/C28H28FNO4.C27H26FNO5.C22H21FO4.C21H19FO5.C6H9NO/c1-17-23(11-19-12-26(32-4)18(2)27(13-19)33-5)22-9-8-20(29)14-25(22)24(17)15-28(31)30(3)16-21-7-6-10-34-21;1-16-21(10-17-11-24(32-3)27(31)25(12-17)33-4)20-8-7-18(28)13-23(20)22(16)14-26(30)29(2)15-19-6-5-9-34-19;1-12-17(7-14-8-20(26-3)13(2)21(9-14)27-4)16-6-5-15(23)10-19(16)18(12)11-22(24)25;1-11-15(6-12-7-18(26-2)21(25)19(8-12)27-3)14-5-4-13(22)9-17(14)16(11)10-20(23)24;1-7-5-6-3-2-4-8-6/h6-14H,15-16H2,1-5H3;5-13,31H,14-15H2,1-4H3;5-10H,11H2,1-4H3,(H,24,25);4-9,25H,10H2,1-3H3,(H,23,24);2-4,7H,5H2,1H3. The zero-order chi connectivity index (χ0) is 94.1. The van der Waals surface area contributed by atoms with Gasteiger partial charge in [0.15, 0.2) is 23.0 Å². The van der Waals surface area contributed by atoms with E-state index in [4.69, 9.17) is 51.1 Å². The van der Waals surface area contributed by atoms with E-state index in [1.807, 2.05) is 121 Å². The van der Waals surface area contributed by atoms with Crippen LogP contribution < -0.4 is 43.2 Å². The van der Waals surface area contributed by atoms with Crippen LogP contribution in [0.3, 0.4) is 0 Å². The number of carboxylic acids is 2. The molecule has 11 aromatic rings. The number of amides is 2. The highest BCUT2D eigenvalue weighted by Gasteiger charge is 2.32. The molecule has 0 saturated heterocycles. The zero-order valence-electron chi connectivity index (χ0n) is 75.3. The summed E-state index contributed by atoms with van der Waals surface area (Å²) < 4.78 is 114. The topological polar surface area (TPSA) is 281 Å². The van der Waals surface area contributed by atoms with Crippen molar-refractivity contribution < 1.29 is 108 Å². The summed E-state index contributed by atoms with van der Waals surface area (Å²) in [6.45, 7) is 13.0. The third kappa shape index (κ3) is 22.2. The maximum atomic E-state index is 14.2. The van der Waals surface area contributed by atoms with E-state index < -0.39 is 17.8 Å². The number of nitrogens with one attached hydrogen (secondary N) is 1. The number of hydrogen-bond acceptors (Lipinski definition) is 18. The van der Waals surface area contributed by atoms with E-state index in [0.717, 1.165) is 135 Å². The van der Waals surface area contributed by atoms with E-state index in [1.54, 1.807) is 132 Å². The summed E-state index contributed by atoms with van der Waals surface area (Å²) in [5, 5.41) is 41.7. The van der Waals surface area contributed by atoms with Crippen LogP contribution in [0.25, 0.3) is 68.9 Å². The number of halogens is 4. The fourth-order valence-corrected chi connectivity index (χ4v) is 15.9. The number of hydrogen-bond donors (Lipinski definition) is 5. The second kappa shape index (κ2) is 43.0. The Hall–Kier alpha value is -14.9. The van der Waals surface area contributed by atoms with Gasteiger partial charge in [-0.25, -0.2) is 17.6 Å². The van der Waals surface area contributed by atoms with Crippen LogP contribution in [0.15, 0.2) is 212 Å². The van der Waals surface area contributed by atoms with Crippen LogP contribution in [-0.2, 0) is 38.8 Å². The third-order valence-corrected chi connectivity index (χ3v) is 22.7. The predicted octanol–water partition coefficient (Wildman–Crippen LogP) is 21.9. The molecule has 22 nitrogen and oxygen atoms in total. The zero-order valence-corrected chi connectivity index (χ0v) is 75.3. The van der Waals surface area contributed by atoms with Crippen LogP contribution in [0.5, 0.6) is 57.5 Å². The number of carbonyl (C=O) groups excluding carboxylic acids is 2. The number of ether oxygens (including phenoxy) is 8. The Morgan fingerprint density at radius 2 is 0.585 bits per heavy atom. The second-order valence-corrected chi connectivity index (χ2v) is 30.8. The van der Waals surface area contributed by atoms with E-state index in [2.05, 4.69) is 5.32 Å². The van der Waals surface area contributed by atoms with Crippen molar-refractivity contribution in [1.82, 2.24) is 15.1 Å². The number of carbonyl (C=O) groups is 4. The number of phenols is 2. The molecule has 0 fully saturated rings. The van der Waals surface area contributed by atoms with Gasteiger partial charge in [0.25, 0.3) is 0 Å². The normalized spacial score (nSPS) is 13.9. The van der Waals surface area contributed by atoms with E-state index in [1.165, 1.54) is 77.0 Å². The third-order valence-electron chi connectivity index (χ3n) is 22.7. The van der Waals surface area contributed by atoms with Gasteiger partial charge in [0.1, 0.15) is 63.5 Å². The van der Waals surface area contributed by atoms with Crippen LogP contribution in [0, 0.1) is 37.1 Å². The fraction of sp³-hybridized carbons (Fsp3) is 0.231. The summed E-state index contributed by atoms with van der Waals surface area (Å²) in [6.07, 6.45) is 12.5. The van der Waals surface area contributed by atoms with E-state index in [9.17, 15) is 57.2 Å². The summed E-state index contributed by atoms with van der Waals surface area (Å²) in [5.41, 5.74) is 20.7. The molecule has 3 heterocycles. The Bertz CT molecular complexity index is 5880. The van der Waals surface area contributed by atoms with Gasteiger partial charge in [-0.05, 0) is 340 Å². The van der Waals surface area contributed by atoms with Crippen molar-refractivity contribution >= 4 is 92.6 Å². The largest absolute Gasteiger partial charge is 0.502 e. The van der Waals surface area contributed by atoms with Gasteiger partial charge in [0.2, 0.25) is 23.3 Å². The van der Waals surface area contributed by atoms with E-state index >= 15 is 0 Å². The maximum absolute atomic E-state index is 14.2. The van der Waals surface area contributed by atoms with E-state index in [-0.39, 0.29) is 89.4 Å². The van der Waals surface area contributed by atoms with E-state index in [0.29, 0.717) is 69.5 Å². The molecule has 676 valence electrons. The van der Waals surface area contributed by atoms with Crippen molar-refractivity contribution in [2.45, 2.75) is 86.9 Å². The maximum Gasteiger partial charge on any atom is 0.307 e. The Kier molecular flexibility index (Phi) is 31.7. The molecule has 5 N–H and O–H groups in total. The van der Waals surface area contributed by atoms with Gasteiger partial charge in [-0.1, -0.05) is 24.3 Å². The van der Waals surface area contributed by atoms with Crippen molar-refractivity contribution in [2.75, 3.05) is 78.0 Å².